The Morgan fingerprint density at radius 3 is 2.47 bits per heavy atom. The van der Waals surface area contributed by atoms with Crippen LogP contribution in [0.3, 0.4) is 0 Å². The molecule has 0 unspecified atom stereocenters. The molecule has 3 nitrogen and oxygen atoms in total. The number of hydrogen-bond donors (Lipinski definition) is 1. The summed E-state index contributed by atoms with van der Waals surface area (Å²) in [7, 11) is 0. The summed E-state index contributed by atoms with van der Waals surface area (Å²) in [6.45, 7) is 7.08. The van der Waals surface area contributed by atoms with Crippen LogP contribution in [0.15, 0.2) is 24.3 Å². The minimum atomic E-state index is -0.427. The zero-order chi connectivity index (χ0) is 12.1. The lowest BCUT2D eigenvalue weighted by Crippen LogP contribution is -2.41. The predicted octanol–water partition coefficient (Wildman–Crippen LogP) is 2.11. The fraction of sp³-hybridized carbons (Fsp3) is 0.462. The number of amides is 1. The Hall–Kier alpha value is -1.06. The van der Waals surface area contributed by atoms with Crippen LogP contribution in [0, 0.1) is 6.92 Å². The van der Waals surface area contributed by atoms with Gasteiger partial charge in [-0.15, -0.1) is 12.4 Å². The fourth-order valence-corrected chi connectivity index (χ4v) is 1.63. The molecule has 0 aliphatic carbocycles. The third-order valence-electron chi connectivity index (χ3n) is 2.71. The van der Waals surface area contributed by atoms with E-state index in [0.717, 1.165) is 0 Å². The molecule has 0 aliphatic heterocycles. The fourth-order valence-electron chi connectivity index (χ4n) is 1.63. The Kier molecular flexibility index (Phi) is 6.85. The van der Waals surface area contributed by atoms with Crippen LogP contribution in [-0.4, -0.2) is 23.4 Å². The van der Waals surface area contributed by atoms with Gasteiger partial charge in [0.2, 0.25) is 5.91 Å². The predicted molar refractivity (Wildman–Crippen MR) is 73.2 cm³/mol. The molecule has 0 heterocycles. The van der Waals surface area contributed by atoms with E-state index in [2.05, 4.69) is 13.0 Å². The van der Waals surface area contributed by atoms with Crippen LogP contribution in [0.2, 0.25) is 0 Å². The summed E-state index contributed by atoms with van der Waals surface area (Å²) in [5.74, 6) is 0.00533. The lowest BCUT2D eigenvalue weighted by Gasteiger charge is -2.23. The van der Waals surface area contributed by atoms with E-state index in [1.54, 1.807) is 11.8 Å². The molecule has 1 rings (SSSR count). The molecular formula is C13H21ClN2O. The van der Waals surface area contributed by atoms with E-state index in [0.29, 0.717) is 13.1 Å². The maximum absolute atomic E-state index is 11.8. The molecule has 96 valence electrons. The van der Waals surface area contributed by atoms with Crippen LogP contribution in [0.1, 0.15) is 25.0 Å². The minimum absolute atomic E-state index is 0. The van der Waals surface area contributed by atoms with Crippen molar-refractivity contribution in [3.63, 3.8) is 0 Å². The molecule has 0 fully saturated rings. The number of benzene rings is 1. The molecule has 0 saturated heterocycles. The minimum Gasteiger partial charge on any atom is -0.337 e. The Balaban J connectivity index is 0.00000256. The molecule has 0 spiro atoms. The topological polar surface area (TPSA) is 46.3 Å². The highest BCUT2D eigenvalue weighted by molar-refractivity contribution is 5.85. The van der Waals surface area contributed by atoms with E-state index in [-0.39, 0.29) is 18.3 Å². The van der Waals surface area contributed by atoms with Crippen LogP contribution >= 0.6 is 12.4 Å². The smallest absolute Gasteiger partial charge is 0.239 e. The first-order valence-electron chi connectivity index (χ1n) is 5.65. The van der Waals surface area contributed by atoms with Gasteiger partial charge in [-0.05, 0) is 31.9 Å². The van der Waals surface area contributed by atoms with Crippen LogP contribution in [-0.2, 0) is 11.3 Å². The number of nitrogens with zero attached hydrogens (tertiary/aromatic N) is 1. The van der Waals surface area contributed by atoms with Gasteiger partial charge in [-0.2, -0.15) is 0 Å². The molecule has 1 aromatic rings. The first-order valence-corrected chi connectivity index (χ1v) is 5.65. The standard InChI is InChI=1S/C13H20N2O.ClH/c1-4-15(13(16)11(3)14)9-12-8-6-5-7-10(12)2;/h5-8,11H,4,9,14H2,1-3H3;1H/t11-;/m0./s1. The number of halogens is 1. The van der Waals surface area contributed by atoms with E-state index in [4.69, 9.17) is 5.73 Å². The number of nitrogens with two attached hydrogens (primary N) is 1. The van der Waals surface area contributed by atoms with Crippen molar-refractivity contribution >= 4 is 18.3 Å². The van der Waals surface area contributed by atoms with Crippen molar-refractivity contribution in [1.29, 1.82) is 0 Å². The van der Waals surface area contributed by atoms with Crippen molar-refractivity contribution in [2.75, 3.05) is 6.54 Å². The highest BCUT2D eigenvalue weighted by Gasteiger charge is 2.16. The number of carbonyl (C=O) groups is 1. The molecule has 0 aromatic heterocycles. The third kappa shape index (κ3) is 4.36. The van der Waals surface area contributed by atoms with Crippen molar-refractivity contribution in [3.8, 4) is 0 Å². The first-order chi connectivity index (χ1) is 7.56. The molecule has 2 N–H and O–H groups in total. The third-order valence-corrected chi connectivity index (χ3v) is 2.71. The van der Waals surface area contributed by atoms with E-state index in [9.17, 15) is 4.79 Å². The normalized spacial score (nSPS) is 11.5. The van der Waals surface area contributed by atoms with Gasteiger partial charge in [0, 0.05) is 13.1 Å². The number of carbonyl (C=O) groups excluding carboxylic acids is 1. The number of aryl methyl sites for hydroxylation is 1. The Morgan fingerprint density at radius 2 is 2.00 bits per heavy atom. The summed E-state index contributed by atoms with van der Waals surface area (Å²) < 4.78 is 0. The quantitative estimate of drug-likeness (QED) is 0.897. The summed E-state index contributed by atoms with van der Waals surface area (Å²) in [6.07, 6.45) is 0. The SMILES string of the molecule is CCN(Cc1ccccc1C)C(=O)[C@H](C)N.Cl. The molecule has 1 amide bonds. The molecule has 0 aliphatic rings. The van der Waals surface area contributed by atoms with Gasteiger partial charge in [-0.3, -0.25) is 4.79 Å². The van der Waals surface area contributed by atoms with Gasteiger partial charge in [0.25, 0.3) is 0 Å². The molecule has 0 saturated carbocycles. The molecule has 4 heteroatoms. The van der Waals surface area contributed by atoms with Gasteiger partial charge in [-0.25, -0.2) is 0 Å². The summed E-state index contributed by atoms with van der Waals surface area (Å²) in [4.78, 5) is 13.6. The Bertz CT molecular complexity index is 366. The van der Waals surface area contributed by atoms with Crippen molar-refractivity contribution in [3.05, 3.63) is 35.4 Å². The van der Waals surface area contributed by atoms with E-state index in [1.165, 1.54) is 11.1 Å². The second-order valence-corrected chi connectivity index (χ2v) is 4.07. The highest BCUT2D eigenvalue weighted by Crippen LogP contribution is 2.10. The molecule has 1 atom stereocenters. The van der Waals surface area contributed by atoms with Crippen molar-refractivity contribution in [2.24, 2.45) is 5.73 Å². The summed E-state index contributed by atoms with van der Waals surface area (Å²) >= 11 is 0. The van der Waals surface area contributed by atoms with Crippen molar-refractivity contribution in [2.45, 2.75) is 33.4 Å². The van der Waals surface area contributed by atoms with E-state index in [1.807, 2.05) is 25.1 Å². The monoisotopic (exact) mass is 256 g/mol. The van der Waals surface area contributed by atoms with E-state index < -0.39 is 6.04 Å². The zero-order valence-corrected chi connectivity index (χ0v) is 11.5. The zero-order valence-electron chi connectivity index (χ0n) is 10.6. The maximum Gasteiger partial charge on any atom is 0.239 e. The second-order valence-electron chi connectivity index (χ2n) is 4.07. The van der Waals surface area contributed by atoms with Gasteiger partial charge in [0.15, 0.2) is 0 Å². The van der Waals surface area contributed by atoms with Crippen LogP contribution < -0.4 is 5.73 Å². The number of rotatable bonds is 4. The lowest BCUT2D eigenvalue weighted by atomic mass is 10.1. The van der Waals surface area contributed by atoms with Gasteiger partial charge < -0.3 is 10.6 Å². The van der Waals surface area contributed by atoms with Crippen molar-refractivity contribution in [1.82, 2.24) is 4.90 Å². The second kappa shape index (κ2) is 7.30. The molecular weight excluding hydrogens is 236 g/mol. The van der Waals surface area contributed by atoms with Gasteiger partial charge >= 0.3 is 0 Å². The maximum atomic E-state index is 11.8. The number of hydrogen-bond acceptors (Lipinski definition) is 2. The van der Waals surface area contributed by atoms with Crippen LogP contribution in [0.25, 0.3) is 0 Å². The van der Waals surface area contributed by atoms with Crippen molar-refractivity contribution < 1.29 is 4.79 Å². The van der Waals surface area contributed by atoms with Crippen LogP contribution in [0.5, 0.6) is 0 Å². The van der Waals surface area contributed by atoms with Gasteiger partial charge in [0.05, 0.1) is 6.04 Å². The van der Waals surface area contributed by atoms with Gasteiger partial charge in [-0.1, -0.05) is 24.3 Å². The van der Waals surface area contributed by atoms with E-state index >= 15 is 0 Å². The summed E-state index contributed by atoms with van der Waals surface area (Å²) in [5.41, 5.74) is 8.00. The molecule has 1 aromatic carbocycles. The largest absolute Gasteiger partial charge is 0.337 e. The summed E-state index contributed by atoms with van der Waals surface area (Å²) in [5, 5.41) is 0. The van der Waals surface area contributed by atoms with Gasteiger partial charge in [0.1, 0.15) is 0 Å². The molecule has 0 radical (unpaired) electrons. The Labute approximate surface area is 109 Å². The average Bonchev–Trinajstić information content (AvgIpc) is 2.27. The molecule has 17 heavy (non-hydrogen) atoms. The molecule has 0 bridgehead atoms. The highest BCUT2D eigenvalue weighted by atomic mass is 35.5. The first kappa shape index (κ1) is 15.9. The number of likely N-dealkylation sites (N-methyl/N-ethyl adjacent to an activating group) is 1. The van der Waals surface area contributed by atoms with Crippen LogP contribution in [0.4, 0.5) is 0 Å². The summed E-state index contributed by atoms with van der Waals surface area (Å²) in [6, 6.07) is 7.67. The Morgan fingerprint density at radius 1 is 1.41 bits per heavy atom. The lowest BCUT2D eigenvalue weighted by molar-refractivity contribution is -0.132. The average molecular weight is 257 g/mol.